The summed E-state index contributed by atoms with van der Waals surface area (Å²) in [5, 5.41) is 8.53. The highest BCUT2D eigenvalue weighted by Gasteiger charge is 2.27. The number of rotatable bonds is 3. The fourth-order valence-electron chi connectivity index (χ4n) is 4.12. The second kappa shape index (κ2) is 6.90. The van der Waals surface area contributed by atoms with Crippen LogP contribution in [0.25, 0.3) is 10.9 Å². The maximum atomic E-state index is 12.5. The number of fused-ring (bicyclic) bond motifs is 3. The van der Waals surface area contributed by atoms with Crippen LogP contribution in [0.15, 0.2) is 29.4 Å². The van der Waals surface area contributed by atoms with Crippen molar-refractivity contribution >= 4 is 22.5 Å². The third-order valence-corrected chi connectivity index (χ3v) is 5.47. The number of amides is 1. The van der Waals surface area contributed by atoms with E-state index in [-0.39, 0.29) is 5.91 Å². The summed E-state index contributed by atoms with van der Waals surface area (Å²) in [6.45, 7) is 1.28. The van der Waals surface area contributed by atoms with Crippen LogP contribution in [0.1, 0.15) is 54.6 Å². The molecule has 1 N–H and O–H groups in total. The van der Waals surface area contributed by atoms with Gasteiger partial charge in [-0.3, -0.25) is 4.79 Å². The molecule has 1 aliphatic heterocycles. The Labute approximate surface area is 148 Å². The fraction of sp³-hybridized carbons (Fsp3) is 0.500. The molecule has 0 radical (unpaired) electrons. The number of carbonyl (C=O) groups excluding carboxylic acids is 1. The molecule has 1 aromatic carbocycles. The van der Waals surface area contributed by atoms with Gasteiger partial charge in [-0.15, -0.1) is 0 Å². The van der Waals surface area contributed by atoms with E-state index in [2.05, 4.69) is 16.5 Å². The molecule has 2 aliphatic rings. The second-order valence-corrected chi connectivity index (χ2v) is 7.14. The second-order valence-electron chi connectivity index (χ2n) is 7.14. The topological polar surface area (TPSA) is 55.6 Å². The smallest absolute Gasteiger partial charge is 0.268 e. The van der Waals surface area contributed by atoms with Gasteiger partial charge < -0.3 is 14.7 Å². The molecule has 1 saturated carbocycles. The Balaban J connectivity index is 1.67. The van der Waals surface area contributed by atoms with Crippen molar-refractivity contribution in [2.24, 2.45) is 18.1 Å². The number of nitrogens with zero attached hydrogens (tertiary/aromatic N) is 2. The monoisotopic (exact) mass is 339 g/mol. The number of hydrogen-bond acceptors (Lipinski definition) is 3. The van der Waals surface area contributed by atoms with Gasteiger partial charge in [-0.05, 0) is 24.8 Å². The molecule has 0 spiro atoms. The molecule has 4 rings (SSSR count). The number of oxime groups is 1. The van der Waals surface area contributed by atoms with E-state index >= 15 is 0 Å². The number of para-hydroxylation sites is 1. The Morgan fingerprint density at radius 3 is 2.88 bits per heavy atom. The Morgan fingerprint density at radius 2 is 2.04 bits per heavy atom. The Morgan fingerprint density at radius 1 is 1.24 bits per heavy atom. The van der Waals surface area contributed by atoms with Crippen LogP contribution in [0.3, 0.4) is 0 Å². The molecule has 5 nitrogen and oxygen atoms in total. The largest absolute Gasteiger partial charge is 0.395 e. The summed E-state index contributed by atoms with van der Waals surface area (Å²) in [5.41, 5.74) is 3.53. The molecule has 25 heavy (non-hydrogen) atoms. The van der Waals surface area contributed by atoms with Crippen molar-refractivity contribution in [3.63, 3.8) is 0 Å². The summed E-state index contributed by atoms with van der Waals surface area (Å²) >= 11 is 0. The maximum absolute atomic E-state index is 12.5. The van der Waals surface area contributed by atoms with Crippen LogP contribution in [-0.4, -0.2) is 29.3 Å². The molecular formula is C20H25N3O2. The van der Waals surface area contributed by atoms with E-state index in [1.807, 2.05) is 29.8 Å². The molecule has 0 saturated heterocycles. The molecular weight excluding hydrogens is 314 g/mol. The molecule has 0 unspecified atom stereocenters. The minimum absolute atomic E-state index is 0.0359. The zero-order valence-corrected chi connectivity index (χ0v) is 14.8. The van der Waals surface area contributed by atoms with Gasteiger partial charge in [0.15, 0.2) is 0 Å². The molecule has 1 aromatic heterocycles. The molecule has 2 aromatic rings. The van der Waals surface area contributed by atoms with Gasteiger partial charge in [0.05, 0.1) is 5.71 Å². The molecule has 5 heteroatoms. The Kier molecular flexibility index (Phi) is 4.47. The van der Waals surface area contributed by atoms with Crippen molar-refractivity contribution in [3.8, 4) is 0 Å². The summed E-state index contributed by atoms with van der Waals surface area (Å²) < 4.78 is 1.96. The molecule has 1 amide bonds. The number of carbonyl (C=O) groups is 1. The lowest BCUT2D eigenvalue weighted by atomic mass is 9.90. The van der Waals surface area contributed by atoms with Crippen molar-refractivity contribution in [1.82, 2.24) is 9.88 Å². The zero-order chi connectivity index (χ0) is 17.2. The summed E-state index contributed by atoms with van der Waals surface area (Å²) in [5.74, 6) is 0.585. The van der Waals surface area contributed by atoms with Crippen LogP contribution in [0.5, 0.6) is 0 Å². The molecule has 0 bridgehead atoms. The van der Waals surface area contributed by atoms with Crippen LogP contribution in [0, 0.1) is 5.92 Å². The Hall–Kier alpha value is -2.30. The third kappa shape index (κ3) is 3.03. The van der Waals surface area contributed by atoms with Crippen molar-refractivity contribution in [2.45, 2.75) is 38.5 Å². The van der Waals surface area contributed by atoms with E-state index in [0.29, 0.717) is 31.2 Å². The average molecular weight is 339 g/mol. The number of hydrogen-bond donors (Lipinski definition) is 1. The zero-order valence-electron chi connectivity index (χ0n) is 14.8. The van der Waals surface area contributed by atoms with Crippen molar-refractivity contribution < 1.29 is 9.63 Å². The van der Waals surface area contributed by atoms with E-state index in [9.17, 15) is 4.79 Å². The van der Waals surface area contributed by atoms with Crippen molar-refractivity contribution in [2.75, 3.05) is 13.2 Å². The van der Waals surface area contributed by atoms with Gasteiger partial charge in [0.2, 0.25) is 0 Å². The normalized spacial score (nSPS) is 20.4. The van der Waals surface area contributed by atoms with Crippen LogP contribution < -0.4 is 5.32 Å². The van der Waals surface area contributed by atoms with Gasteiger partial charge in [-0.2, -0.15) is 0 Å². The van der Waals surface area contributed by atoms with Gasteiger partial charge in [0, 0.05) is 36.5 Å². The van der Waals surface area contributed by atoms with Crippen LogP contribution >= 0.6 is 0 Å². The summed E-state index contributed by atoms with van der Waals surface area (Å²) in [4.78, 5) is 18.3. The predicted octanol–water partition coefficient (Wildman–Crippen LogP) is 3.61. The number of nitrogens with one attached hydrogen (secondary N) is 1. The lowest BCUT2D eigenvalue weighted by molar-refractivity contribution is 0.0913. The standard InChI is InChI=1S/C20H25N3O2/c1-23-17-10-6-5-9-15(17)18-16(11-12-21-20(24)19(18)23)22-25-13-14-7-3-2-4-8-14/h5-6,9-10,14H,2-4,7-8,11-13H2,1H3,(H,21,24)/b22-16+. The van der Waals surface area contributed by atoms with E-state index in [1.165, 1.54) is 32.1 Å². The first-order valence-electron chi connectivity index (χ1n) is 9.30. The lowest BCUT2D eigenvalue weighted by Crippen LogP contribution is -2.24. The first-order chi connectivity index (χ1) is 12.3. The fourth-order valence-corrected chi connectivity index (χ4v) is 4.12. The maximum Gasteiger partial charge on any atom is 0.268 e. The molecule has 0 atom stereocenters. The predicted molar refractivity (Wildman–Crippen MR) is 98.9 cm³/mol. The number of aromatic nitrogens is 1. The highest BCUT2D eigenvalue weighted by Crippen LogP contribution is 2.29. The van der Waals surface area contributed by atoms with Crippen molar-refractivity contribution in [1.29, 1.82) is 0 Å². The van der Waals surface area contributed by atoms with E-state index in [0.717, 1.165) is 22.2 Å². The quantitative estimate of drug-likeness (QED) is 0.869. The van der Waals surface area contributed by atoms with E-state index < -0.39 is 0 Å². The van der Waals surface area contributed by atoms with Gasteiger partial charge in [0.1, 0.15) is 12.3 Å². The minimum atomic E-state index is -0.0359. The first-order valence-corrected chi connectivity index (χ1v) is 9.30. The Bertz CT molecular complexity index is 816. The molecule has 132 valence electrons. The highest BCUT2D eigenvalue weighted by atomic mass is 16.6. The van der Waals surface area contributed by atoms with E-state index in [1.54, 1.807) is 0 Å². The van der Waals surface area contributed by atoms with Gasteiger partial charge in [0.25, 0.3) is 5.91 Å². The van der Waals surface area contributed by atoms with Gasteiger partial charge >= 0.3 is 0 Å². The average Bonchev–Trinajstić information content (AvgIpc) is 2.83. The molecule has 1 fully saturated rings. The van der Waals surface area contributed by atoms with Crippen LogP contribution in [0.4, 0.5) is 0 Å². The van der Waals surface area contributed by atoms with E-state index in [4.69, 9.17) is 4.84 Å². The summed E-state index contributed by atoms with van der Waals surface area (Å²) in [6, 6.07) is 8.10. The third-order valence-electron chi connectivity index (χ3n) is 5.47. The number of aryl methyl sites for hydroxylation is 1. The summed E-state index contributed by atoms with van der Waals surface area (Å²) in [7, 11) is 1.94. The minimum Gasteiger partial charge on any atom is -0.395 e. The van der Waals surface area contributed by atoms with Crippen LogP contribution in [-0.2, 0) is 11.9 Å². The molecule has 1 aliphatic carbocycles. The summed E-state index contributed by atoms with van der Waals surface area (Å²) in [6.07, 6.45) is 7.12. The van der Waals surface area contributed by atoms with Crippen molar-refractivity contribution in [3.05, 3.63) is 35.5 Å². The van der Waals surface area contributed by atoms with Crippen LogP contribution in [0.2, 0.25) is 0 Å². The SMILES string of the molecule is Cn1c2c(c3ccccc31)/C(=N/OCC1CCCCC1)CCNC2=O. The van der Waals surface area contributed by atoms with Gasteiger partial charge in [-0.1, -0.05) is 42.6 Å². The number of benzene rings is 1. The lowest BCUT2D eigenvalue weighted by Gasteiger charge is -2.20. The molecule has 2 heterocycles. The van der Waals surface area contributed by atoms with Gasteiger partial charge in [-0.25, -0.2) is 0 Å². The first kappa shape index (κ1) is 16.2. The highest BCUT2D eigenvalue weighted by molar-refractivity contribution is 6.19.